The molecule has 88 heavy (non-hydrogen) atoms. The molecule has 0 saturated carbocycles. The Morgan fingerprint density at radius 3 is 1.09 bits per heavy atom. The SMILES string of the molecule is CCCCCCc1ccc(-c2ccc(-c3cc(F)c(-c4cc5c(C#C[Si](C(C)C)(C(C)C)C(C)C)c6sc(-c7c(F)cc(-c8ccc(-c9ccc(CCCCCC)s9)s8)c8nsnc78)cc6c(C#C[Si](C(C)C)(C(C)C)C(C)C)c5s4)c4nsnc34)s2)s1. The maximum atomic E-state index is 17.7. The molecule has 11 aromatic rings. The largest absolute Gasteiger partial charge is 0.206 e. The molecular formula is C72H80F2N4S8Si2. The molecule has 0 N–H and O–H groups in total. The summed E-state index contributed by atoms with van der Waals surface area (Å²) in [7, 11) is -4.64. The van der Waals surface area contributed by atoms with Crippen molar-refractivity contribution in [3.8, 4) is 84.2 Å². The first kappa shape index (κ1) is 64.9. The molecule has 11 rings (SSSR count). The molecule has 0 amide bonds. The molecule has 4 nitrogen and oxygen atoms in total. The minimum absolute atomic E-state index is 0.337. The molecule has 3 aromatic carbocycles. The predicted molar refractivity (Wildman–Crippen MR) is 395 cm³/mol. The maximum absolute atomic E-state index is 17.7. The first-order chi connectivity index (χ1) is 42.3. The lowest BCUT2D eigenvalue weighted by atomic mass is 10.00. The number of benzene rings is 3. The number of aromatic nitrogens is 4. The Morgan fingerprint density at radius 2 is 0.727 bits per heavy atom. The second-order valence-corrected chi connectivity index (χ2v) is 44.5. The minimum atomic E-state index is -2.32. The van der Waals surface area contributed by atoms with E-state index in [4.69, 9.17) is 17.5 Å². The van der Waals surface area contributed by atoms with Crippen molar-refractivity contribution in [1.82, 2.24) is 17.5 Å². The number of fused-ring (bicyclic) bond motifs is 4. The number of hydrogen-bond acceptors (Lipinski definition) is 12. The van der Waals surface area contributed by atoms with Crippen LogP contribution in [0, 0.1) is 34.6 Å². The van der Waals surface area contributed by atoms with Crippen molar-refractivity contribution in [3.63, 3.8) is 0 Å². The molecule has 0 atom stereocenters. The summed E-state index contributed by atoms with van der Waals surface area (Å²) < 4.78 is 57.0. The third-order valence-electron chi connectivity index (χ3n) is 18.6. The van der Waals surface area contributed by atoms with Gasteiger partial charge >= 0.3 is 0 Å². The van der Waals surface area contributed by atoms with Crippen molar-refractivity contribution in [3.05, 3.63) is 105 Å². The summed E-state index contributed by atoms with van der Waals surface area (Å²) in [4.78, 5) is 11.1. The van der Waals surface area contributed by atoms with Crippen LogP contribution in [0.25, 0.3) is 104 Å². The minimum Gasteiger partial charge on any atom is -0.206 e. The molecular weight excluding hydrogens is 1270 g/mol. The Labute approximate surface area is 555 Å². The predicted octanol–water partition coefficient (Wildman–Crippen LogP) is 26.0. The number of nitrogens with zero attached hydrogens (tertiary/aromatic N) is 4. The molecule has 0 bridgehead atoms. The van der Waals surface area contributed by atoms with E-state index in [1.165, 1.54) is 80.6 Å². The molecule has 0 aliphatic rings. The highest BCUT2D eigenvalue weighted by molar-refractivity contribution is 7.25. The van der Waals surface area contributed by atoms with E-state index >= 15 is 8.78 Å². The third kappa shape index (κ3) is 12.2. The monoisotopic (exact) mass is 1350 g/mol. The van der Waals surface area contributed by atoms with Gasteiger partial charge in [-0.05, 0) is 132 Å². The zero-order valence-corrected chi connectivity index (χ0v) is 61.8. The first-order valence-corrected chi connectivity index (χ1v) is 42.5. The summed E-state index contributed by atoms with van der Waals surface area (Å²) in [6.07, 6.45) is 12.1. The van der Waals surface area contributed by atoms with Crippen LogP contribution >= 0.6 is 91.5 Å². The highest BCUT2D eigenvalue weighted by atomic mass is 32.1. The van der Waals surface area contributed by atoms with Crippen molar-refractivity contribution in [1.29, 1.82) is 0 Å². The van der Waals surface area contributed by atoms with Crippen LogP contribution in [0.3, 0.4) is 0 Å². The van der Waals surface area contributed by atoms with Crippen LogP contribution in [-0.4, -0.2) is 33.6 Å². The molecule has 0 unspecified atom stereocenters. The van der Waals surface area contributed by atoms with E-state index in [-0.39, 0.29) is 11.6 Å². The number of aryl methyl sites for hydroxylation is 2. The topological polar surface area (TPSA) is 51.6 Å². The van der Waals surface area contributed by atoms with E-state index in [2.05, 4.69) is 181 Å². The molecule has 8 heterocycles. The van der Waals surface area contributed by atoms with E-state index in [1.807, 2.05) is 22.7 Å². The van der Waals surface area contributed by atoms with Gasteiger partial charge in [0.25, 0.3) is 0 Å². The Balaban J connectivity index is 1.10. The van der Waals surface area contributed by atoms with Gasteiger partial charge in [-0.3, -0.25) is 0 Å². The van der Waals surface area contributed by atoms with Crippen LogP contribution in [0.15, 0.2) is 72.8 Å². The Bertz CT molecular complexity index is 4060. The molecule has 0 aliphatic carbocycles. The standard InChI is InChI=1S/C72H80F2N4S8Si2/c1-15-17-19-21-23-47-25-27-59(79-47)61-31-29-57(81-61)53-37-55(73)65(69-67(53)75-85-77-69)63-39-51-49(33-35-87(41(3)4,42(5)6)43(7)8)72-52(50(71(51)83-63)34-36-88(44(9)10,45(11)12)46(13)14)40-64(84-72)66-56(74)38-54(68-70(66)78-86-76-68)58-30-32-62(82-58)60-28-26-48(80-60)24-22-20-18-16-2/h25-32,37-46H,15-24H2,1-14H3. The van der Waals surface area contributed by atoms with E-state index < -0.39 is 16.1 Å². The van der Waals surface area contributed by atoms with Gasteiger partial charge in [-0.1, -0.05) is 147 Å². The first-order valence-electron chi connectivity index (χ1n) is 31.7. The van der Waals surface area contributed by atoms with Crippen LogP contribution in [-0.2, 0) is 12.8 Å². The Morgan fingerprint density at radius 1 is 0.386 bits per heavy atom. The number of hydrogen-bond donors (Lipinski definition) is 0. The normalized spacial score (nSPS) is 12.5. The maximum Gasteiger partial charge on any atom is 0.146 e. The van der Waals surface area contributed by atoms with Crippen LogP contribution in [0.2, 0.25) is 33.2 Å². The fraction of sp³-hybridized carbons (Fsp3) is 0.417. The smallest absolute Gasteiger partial charge is 0.146 e. The van der Waals surface area contributed by atoms with E-state index in [0.29, 0.717) is 66.4 Å². The molecule has 0 aliphatic heterocycles. The Kier molecular flexibility index (Phi) is 20.2. The third-order valence-corrected chi connectivity index (χ3v) is 39.5. The summed E-state index contributed by atoms with van der Waals surface area (Å²) in [5.74, 6) is 7.27. The highest BCUT2D eigenvalue weighted by Gasteiger charge is 2.43. The van der Waals surface area contributed by atoms with Gasteiger partial charge in [0, 0.05) is 70.7 Å². The molecule has 0 fully saturated rings. The number of unbranched alkanes of at least 4 members (excludes halogenated alkanes) is 6. The van der Waals surface area contributed by atoms with Crippen molar-refractivity contribution in [2.75, 3.05) is 0 Å². The van der Waals surface area contributed by atoms with E-state index in [0.717, 1.165) is 98.2 Å². The lowest BCUT2D eigenvalue weighted by Gasteiger charge is -2.38. The molecule has 0 spiro atoms. The average Bonchev–Trinajstić information content (AvgIpc) is 1.68. The van der Waals surface area contributed by atoms with Gasteiger partial charge in [-0.15, -0.1) is 79.1 Å². The van der Waals surface area contributed by atoms with Gasteiger partial charge in [0.15, 0.2) is 0 Å². The van der Waals surface area contributed by atoms with Gasteiger partial charge in [0.1, 0.15) is 49.8 Å². The van der Waals surface area contributed by atoms with Crippen LogP contribution in [0.5, 0.6) is 0 Å². The summed E-state index contributed by atoms with van der Waals surface area (Å²) in [6, 6.07) is 25.2. The van der Waals surface area contributed by atoms with Gasteiger partial charge in [-0.2, -0.15) is 17.5 Å². The second kappa shape index (κ2) is 27.3. The van der Waals surface area contributed by atoms with Crippen molar-refractivity contribution in [2.45, 2.75) is 194 Å². The number of rotatable bonds is 22. The van der Waals surface area contributed by atoms with E-state index in [9.17, 15) is 0 Å². The van der Waals surface area contributed by atoms with Gasteiger partial charge in [0.2, 0.25) is 0 Å². The summed E-state index contributed by atoms with van der Waals surface area (Å²) in [5, 5.41) is 1.87. The molecule has 0 radical (unpaired) electrons. The van der Waals surface area contributed by atoms with Crippen LogP contribution in [0.1, 0.15) is 169 Å². The lowest BCUT2D eigenvalue weighted by molar-refractivity contribution is 0.633. The van der Waals surface area contributed by atoms with Gasteiger partial charge in [-0.25, -0.2) is 8.78 Å². The zero-order chi connectivity index (χ0) is 62.3. The molecule has 8 aromatic heterocycles. The molecule has 0 saturated heterocycles. The summed E-state index contributed by atoms with van der Waals surface area (Å²) in [6.45, 7) is 32.7. The lowest BCUT2D eigenvalue weighted by Crippen LogP contribution is -2.43. The summed E-state index contributed by atoms with van der Waals surface area (Å²) >= 11 is 12.5. The zero-order valence-electron chi connectivity index (χ0n) is 53.3. The van der Waals surface area contributed by atoms with Gasteiger partial charge < -0.3 is 0 Å². The van der Waals surface area contributed by atoms with Crippen molar-refractivity contribution < 1.29 is 8.78 Å². The fourth-order valence-corrected chi connectivity index (χ4v) is 32.4. The molecule has 458 valence electrons. The molecule has 16 heteroatoms. The highest BCUT2D eigenvalue weighted by Crippen LogP contribution is 2.52. The number of thiophene rings is 6. The number of halogens is 2. The van der Waals surface area contributed by atoms with Crippen molar-refractivity contribution >= 4 is 150 Å². The van der Waals surface area contributed by atoms with Crippen LogP contribution in [0.4, 0.5) is 8.78 Å². The van der Waals surface area contributed by atoms with Crippen LogP contribution < -0.4 is 0 Å². The average molecular weight is 1350 g/mol. The van der Waals surface area contributed by atoms with E-state index in [1.54, 1.807) is 57.5 Å². The second-order valence-electron chi connectivity index (χ2n) is 25.7. The summed E-state index contributed by atoms with van der Waals surface area (Å²) in [5.41, 5.74) is 17.2. The fourth-order valence-electron chi connectivity index (χ4n) is 14.1. The van der Waals surface area contributed by atoms with Gasteiger partial charge in [0.05, 0.1) is 55.1 Å². The van der Waals surface area contributed by atoms with Crippen molar-refractivity contribution in [2.24, 2.45) is 0 Å². The quantitative estimate of drug-likeness (QED) is 0.0385. The Hall–Kier alpha value is -4.57.